The van der Waals surface area contributed by atoms with Crippen LogP contribution in [-0.4, -0.2) is 75.5 Å². The Morgan fingerprint density at radius 3 is 1.64 bits per heavy atom. The molecule has 0 heterocycles. The van der Waals surface area contributed by atoms with Crippen molar-refractivity contribution in [2.45, 2.75) is 83.8 Å². The zero-order valence-corrected chi connectivity index (χ0v) is 26.4. The average Bonchev–Trinajstić information content (AvgIpc) is 2.91. The Morgan fingerprint density at radius 2 is 1.21 bits per heavy atom. The Bertz CT molecular complexity index is 923. The van der Waals surface area contributed by atoms with Crippen LogP contribution in [0.4, 0.5) is 0 Å². The molecule has 0 aliphatic carbocycles. The van der Waals surface area contributed by atoms with Gasteiger partial charge in [-0.2, -0.15) is 0 Å². The van der Waals surface area contributed by atoms with Crippen molar-refractivity contribution >= 4 is 17.9 Å². The molecule has 0 N–H and O–H groups in total. The molecular formula is C34H53NO7. The molecule has 0 aliphatic heterocycles. The number of aliphatic carboxylic acids is 1. The van der Waals surface area contributed by atoms with E-state index in [-0.39, 0.29) is 37.1 Å². The molecule has 0 aliphatic rings. The summed E-state index contributed by atoms with van der Waals surface area (Å²) in [7, 11) is 5.30. The zero-order chi connectivity index (χ0) is 31.5. The molecule has 8 nitrogen and oxygen atoms in total. The first-order valence-electron chi connectivity index (χ1n) is 14.9. The van der Waals surface area contributed by atoms with Crippen LogP contribution in [0.3, 0.4) is 0 Å². The second kappa shape index (κ2) is 25.5. The normalized spacial score (nSPS) is 14.2. The van der Waals surface area contributed by atoms with Gasteiger partial charge in [0.05, 0.1) is 40.3 Å². The van der Waals surface area contributed by atoms with Crippen LogP contribution in [0.5, 0.6) is 0 Å². The molecule has 0 fully saturated rings. The van der Waals surface area contributed by atoms with E-state index in [1.807, 2.05) is 12.2 Å². The van der Waals surface area contributed by atoms with E-state index in [4.69, 9.17) is 14.2 Å². The van der Waals surface area contributed by atoms with Crippen LogP contribution in [-0.2, 0) is 28.6 Å². The number of carboxylic acids is 1. The number of hydrogen-bond donors (Lipinski definition) is 0. The third-order valence-electron chi connectivity index (χ3n) is 5.93. The first kappa shape index (κ1) is 38.8. The van der Waals surface area contributed by atoms with E-state index in [0.29, 0.717) is 6.42 Å². The molecule has 0 saturated heterocycles. The van der Waals surface area contributed by atoms with E-state index in [9.17, 15) is 19.5 Å². The fourth-order valence-corrected chi connectivity index (χ4v) is 3.64. The molecule has 0 spiro atoms. The van der Waals surface area contributed by atoms with Crippen LogP contribution < -0.4 is 5.11 Å². The van der Waals surface area contributed by atoms with Crippen molar-refractivity contribution in [1.29, 1.82) is 0 Å². The number of ether oxygens (including phenoxy) is 3. The lowest BCUT2D eigenvalue weighted by atomic mass is 10.1. The maximum Gasteiger partial charge on any atom is 0.306 e. The van der Waals surface area contributed by atoms with E-state index < -0.39 is 30.1 Å². The van der Waals surface area contributed by atoms with Gasteiger partial charge in [-0.15, -0.1) is 0 Å². The number of likely N-dealkylation sites (N-methyl/N-ethyl adjacent to an activating group) is 1. The van der Waals surface area contributed by atoms with Gasteiger partial charge >= 0.3 is 11.9 Å². The van der Waals surface area contributed by atoms with Crippen molar-refractivity contribution in [3.63, 3.8) is 0 Å². The number of carbonyl (C=O) groups is 3. The highest BCUT2D eigenvalue weighted by Gasteiger charge is 2.25. The second-order valence-electron chi connectivity index (χ2n) is 10.7. The van der Waals surface area contributed by atoms with Crippen LogP contribution in [0.25, 0.3) is 0 Å². The molecule has 0 amide bonds. The van der Waals surface area contributed by atoms with Crippen molar-refractivity contribution in [1.82, 2.24) is 0 Å². The van der Waals surface area contributed by atoms with E-state index in [1.165, 1.54) is 6.92 Å². The van der Waals surface area contributed by atoms with Crippen molar-refractivity contribution in [3.05, 3.63) is 72.9 Å². The van der Waals surface area contributed by atoms with Crippen LogP contribution in [0.1, 0.15) is 71.6 Å². The minimum atomic E-state index is -1.15. The largest absolute Gasteiger partial charge is 0.544 e. The van der Waals surface area contributed by atoms with Gasteiger partial charge < -0.3 is 28.6 Å². The molecule has 2 atom stereocenters. The van der Waals surface area contributed by atoms with Crippen LogP contribution in [0.15, 0.2) is 72.9 Å². The van der Waals surface area contributed by atoms with Crippen molar-refractivity contribution < 1.29 is 38.2 Å². The Balaban J connectivity index is 4.20. The minimum absolute atomic E-state index is 0.00413. The highest BCUT2D eigenvalue weighted by atomic mass is 16.6. The number of carbonyl (C=O) groups excluding carboxylic acids is 3. The Morgan fingerprint density at radius 1 is 0.738 bits per heavy atom. The summed E-state index contributed by atoms with van der Waals surface area (Å²) < 4.78 is 16.1. The minimum Gasteiger partial charge on any atom is -0.544 e. The molecule has 236 valence electrons. The highest BCUT2D eigenvalue weighted by Crippen LogP contribution is 2.08. The number of allylic oxidation sites excluding steroid dienone is 12. The quantitative estimate of drug-likeness (QED) is 0.0664. The molecule has 2 unspecified atom stereocenters. The lowest BCUT2D eigenvalue weighted by Crippen LogP contribution is -2.55. The van der Waals surface area contributed by atoms with Crippen molar-refractivity contribution in [3.8, 4) is 0 Å². The molecule has 42 heavy (non-hydrogen) atoms. The summed E-state index contributed by atoms with van der Waals surface area (Å²) >= 11 is 0. The molecule has 0 radical (unpaired) electrons. The molecule has 8 heteroatoms. The lowest BCUT2D eigenvalue weighted by molar-refractivity contribution is -0.889. The summed E-state index contributed by atoms with van der Waals surface area (Å²) in [5, 5.41) is 11.4. The fourth-order valence-electron chi connectivity index (χ4n) is 3.64. The Hall–Kier alpha value is -3.23. The predicted molar refractivity (Wildman–Crippen MR) is 166 cm³/mol. The SMILES string of the molecule is CC/C=C\C/C=C\C/C=C\C/C=C\C/C=C\C/C=C\CCC(=O)OC(COCCC(C(=O)[O-])[N+](C)(C)C)COC(C)=O. The molecule has 0 aromatic heterocycles. The van der Waals surface area contributed by atoms with Gasteiger partial charge in [0.15, 0.2) is 6.10 Å². The van der Waals surface area contributed by atoms with Crippen LogP contribution in [0, 0.1) is 0 Å². The summed E-state index contributed by atoms with van der Waals surface area (Å²) in [6, 6.07) is -0.735. The van der Waals surface area contributed by atoms with Gasteiger partial charge in [-0.25, -0.2) is 0 Å². The number of quaternary nitrogens is 1. The van der Waals surface area contributed by atoms with E-state index in [2.05, 4.69) is 67.7 Å². The number of esters is 2. The van der Waals surface area contributed by atoms with Gasteiger partial charge in [0.1, 0.15) is 12.6 Å². The number of nitrogens with zero attached hydrogens (tertiary/aromatic N) is 1. The predicted octanol–water partition coefficient (Wildman–Crippen LogP) is 5.17. The molecule has 0 bridgehead atoms. The molecule has 0 rings (SSSR count). The average molecular weight is 588 g/mol. The summed E-state index contributed by atoms with van der Waals surface area (Å²) in [6.45, 7) is 3.42. The second-order valence-corrected chi connectivity index (χ2v) is 10.7. The third kappa shape index (κ3) is 24.6. The van der Waals surface area contributed by atoms with E-state index >= 15 is 0 Å². The molecular weight excluding hydrogens is 534 g/mol. The topological polar surface area (TPSA) is 102 Å². The van der Waals surface area contributed by atoms with Gasteiger partial charge in [-0.3, -0.25) is 9.59 Å². The monoisotopic (exact) mass is 587 g/mol. The molecule has 0 aromatic rings. The number of carboxylic acid groups (broad SMARTS) is 1. The fraction of sp³-hybridized carbons (Fsp3) is 0.559. The first-order chi connectivity index (χ1) is 20.1. The maximum atomic E-state index is 12.3. The first-order valence-corrected chi connectivity index (χ1v) is 14.9. The standard InChI is InChI=1S/C34H53NO7/c1-6-7-8-9-10-11-12-13-14-15-16-17-18-19-20-21-22-23-24-25-33(37)42-31(29-41-30(2)36)28-40-27-26-32(34(38)39)35(3,4)5/h7-8,10-11,13-14,16-17,19-20,22-23,31-32H,6,9,12,15,18,21,24-29H2,1-5H3/b8-7-,11-10-,14-13-,17-16-,20-19-,23-22-. The Labute approximate surface area is 253 Å². The van der Waals surface area contributed by atoms with Gasteiger partial charge in [0.25, 0.3) is 0 Å². The maximum absolute atomic E-state index is 12.3. The summed E-state index contributed by atoms with van der Waals surface area (Å²) in [4.78, 5) is 34.8. The van der Waals surface area contributed by atoms with Crippen LogP contribution >= 0.6 is 0 Å². The molecule has 0 saturated carbocycles. The molecule has 0 aromatic carbocycles. The van der Waals surface area contributed by atoms with Gasteiger partial charge in [-0.1, -0.05) is 79.8 Å². The van der Waals surface area contributed by atoms with Crippen molar-refractivity contribution in [2.75, 3.05) is 41.0 Å². The smallest absolute Gasteiger partial charge is 0.306 e. The lowest BCUT2D eigenvalue weighted by Gasteiger charge is -2.34. The number of hydrogen-bond acceptors (Lipinski definition) is 7. The summed E-state index contributed by atoms with van der Waals surface area (Å²) in [5.74, 6) is -2.06. The highest BCUT2D eigenvalue weighted by molar-refractivity contribution is 5.70. The van der Waals surface area contributed by atoms with E-state index in [1.54, 1.807) is 21.1 Å². The van der Waals surface area contributed by atoms with E-state index in [0.717, 1.165) is 38.5 Å². The summed E-state index contributed by atoms with van der Waals surface area (Å²) in [6.07, 6.45) is 31.4. The Kier molecular flexibility index (Phi) is 23.5. The number of rotatable bonds is 24. The van der Waals surface area contributed by atoms with Gasteiger partial charge in [-0.05, 0) is 44.9 Å². The van der Waals surface area contributed by atoms with Crippen LogP contribution in [0.2, 0.25) is 0 Å². The van der Waals surface area contributed by atoms with Gasteiger partial charge in [0, 0.05) is 19.8 Å². The zero-order valence-electron chi connectivity index (χ0n) is 26.4. The van der Waals surface area contributed by atoms with Crippen molar-refractivity contribution in [2.24, 2.45) is 0 Å². The summed E-state index contributed by atoms with van der Waals surface area (Å²) in [5.41, 5.74) is 0. The third-order valence-corrected chi connectivity index (χ3v) is 5.93. The van der Waals surface area contributed by atoms with Gasteiger partial charge in [0.2, 0.25) is 0 Å².